The van der Waals surface area contributed by atoms with E-state index in [1.165, 1.54) is 1.60 Å². The molecule has 1 aliphatic heterocycles. The summed E-state index contributed by atoms with van der Waals surface area (Å²) in [6.45, 7) is 6.37. The van der Waals surface area contributed by atoms with Crippen molar-refractivity contribution < 1.29 is 54.3 Å². The average Bonchev–Trinajstić information content (AvgIpc) is 2.55. The SMILES string of the molecule is Cc1c(O)cccc1OCC1=C(C(=O)N(C)C(C)C)[CH2][Ac][CH2]C1. The van der Waals surface area contributed by atoms with Crippen LogP contribution in [0.3, 0.4) is 0 Å². The zero-order valence-electron chi connectivity index (χ0n) is 14.4. The van der Waals surface area contributed by atoms with E-state index in [1.807, 2.05) is 38.8 Å². The molecule has 1 N–H and O–H groups in total. The molecule has 0 bridgehead atoms. The van der Waals surface area contributed by atoms with E-state index in [2.05, 4.69) is 0 Å². The summed E-state index contributed by atoms with van der Waals surface area (Å²) in [5.74, 6) is 1.11. The van der Waals surface area contributed by atoms with Crippen LogP contribution >= 0.6 is 0 Å². The van der Waals surface area contributed by atoms with Crippen LogP contribution in [0.25, 0.3) is 0 Å². The number of nitrogens with zero attached hydrogens (tertiary/aromatic N) is 1. The summed E-state index contributed by atoms with van der Waals surface area (Å²) in [5.41, 5.74) is 2.90. The van der Waals surface area contributed by atoms with E-state index in [4.69, 9.17) is 4.74 Å². The number of likely N-dealkylation sites (N-methyl/N-ethyl adjacent to an activating group) is 1. The molecule has 1 aromatic carbocycles. The maximum absolute atomic E-state index is 12.7. The number of benzene rings is 1. The molecule has 1 heterocycles. The van der Waals surface area contributed by atoms with Crippen molar-refractivity contribution in [1.82, 2.24) is 4.90 Å². The van der Waals surface area contributed by atoms with Gasteiger partial charge in [0.1, 0.15) is 0 Å². The molecule has 1 amide bonds. The van der Waals surface area contributed by atoms with Crippen molar-refractivity contribution in [2.24, 2.45) is 0 Å². The molecule has 0 spiro atoms. The normalized spacial score (nSPS) is 14.3. The van der Waals surface area contributed by atoms with Gasteiger partial charge in [0, 0.05) is 0 Å². The standard InChI is InChI=1S/C18H25NO3.Ac/c1-7-15(13(4)18(21)19(6)12(2)3)11-22-17-10-8-9-16(20)14(17)5;/h8-10,12,20H,1,4,7,11H2,2-3,5-6H3;. The molecule has 0 saturated carbocycles. The van der Waals surface area contributed by atoms with Gasteiger partial charge in [-0.3, -0.25) is 0 Å². The second-order valence-electron chi connectivity index (χ2n) is 6.31. The number of hydrogen-bond acceptors (Lipinski definition) is 3. The van der Waals surface area contributed by atoms with Gasteiger partial charge in [-0.1, -0.05) is 0 Å². The van der Waals surface area contributed by atoms with E-state index in [-0.39, 0.29) is 17.7 Å². The fourth-order valence-electron chi connectivity index (χ4n) is 2.59. The topological polar surface area (TPSA) is 49.8 Å². The van der Waals surface area contributed by atoms with Crippen molar-refractivity contribution in [2.45, 2.75) is 36.4 Å². The van der Waals surface area contributed by atoms with Gasteiger partial charge in [-0.15, -0.1) is 0 Å². The summed E-state index contributed by atoms with van der Waals surface area (Å²) in [7, 11) is 1.88. The van der Waals surface area contributed by atoms with Crippen LogP contribution in [0.1, 0.15) is 25.8 Å². The van der Waals surface area contributed by atoms with Crippen molar-refractivity contribution in [1.29, 1.82) is 0 Å². The van der Waals surface area contributed by atoms with E-state index in [9.17, 15) is 9.90 Å². The van der Waals surface area contributed by atoms with Crippen molar-refractivity contribution in [3.05, 3.63) is 34.9 Å². The van der Waals surface area contributed by atoms with Crippen LogP contribution in [0.4, 0.5) is 0 Å². The molecule has 0 radical (unpaired) electrons. The predicted octanol–water partition coefficient (Wildman–Crippen LogP) is 3.57. The zero-order valence-corrected chi connectivity index (χ0v) is 19.2. The molecule has 0 aromatic heterocycles. The van der Waals surface area contributed by atoms with Crippen LogP contribution < -0.4 is 4.74 Å². The van der Waals surface area contributed by atoms with E-state index < -0.39 is 39.7 Å². The molecular weight excluding hydrogens is 505 g/mol. The van der Waals surface area contributed by atoms with Crippen molar-refractivity contribution in [3.63, 3.8) is 0 Å². The molecule has 1 aromatic rings. The Morgan fingerprint density at radius 3 is 2.87 bits per heavy atom. The number of phenolic OH excluding ortho intramolecular Hbond substituents is 1. The van der Waals surface area contributed by atoms with Crippen molar-refractivity contribution in [2.75, 3.05) is 13.7 Å². The summed E-state index contributed by atoms with van der Waals surface area (Å²) in [5, 5.41) is 9.77. The first-order valence-electron chi connectivity index (χ1n) is 8.13. The third kappa shape index (κ3) is 4.73. The average molecular weight is 530 g/mol. The molecule has 0 fully saturated rings. The van der Waals surface area contributed by atoms with Crippen LogP contribution in [0.2, 0.25) is 3.20 Å². The van der Waals surface area contributed by atoms with Crippen molar-refractivity contribution >= 4 is 5.91 Å². The third-order valence-corrected chi connectivity index (χ3v) is 10.2. The molecule has 0 unspecified atom stereocenters. The van der Waals surface area contributed by atoms with Crippen LogP contribution in [0.15, 0.2) is 29.3 Å². The molecule has 2 rings (SSSR count). The van der Waals surface area contributed by atoms with Crippen LogP contribution in [-0.4, -0.2) is 35.6 Å². The van der Waals surface area contributed by atoms with E-state index >= 15 is 0 Å². The van der Waals surface area contributed by atoms with E-state index in [0.717, 1.165) is 24.7 Å². The molecule has 23 heavy (non-hydrogen) atoms. The Bertz CT molecular complexity index is 610. The Morgan fingerprint density at radius 2 is 2.17 bits per heavy atom. The number of ether oxygens (including phenoxy) is 1. The number of carbonyl (C=O) groups excluding carboxylic acids is 1. The molecule has 0 aliphatic carbocycles. The van der Waals surface area contributed by atoms with E-state index in [1.54, 1.807) is 12.1 Å². The molecule has 0 atom stereocenters. The number of rotatable bonds is 5. The molecule has 123 valence electrons. The molecule has 1 aliphatic rings. The fourth-order valence-corrected chi connectivity index (χ4v) is 8.79. The number of aromatic hydroxyl groups is 1. The first-order chi connectivity index (χ1) is 10.9. The molecular formula is C18H25AcNO3. The number of amides is 1. The molecule has 0 saturated heterocycles. The fraction of sp³-hybridized carbons (Fsp3) is 0.500. The summed E-state index contributed by atoms with van der Waals surface area (Å²) in [6, 6.07) is 5.51. The quantitative estimate of drug-likeness (QED) is 0.634. The molecule has 5 heteroatoms. The zero-order chi connectivity index (χ0) is 17.0. The van der Waals surface area contributed by atoms with E-state index in [0.29, 0.717) is 12.4 Å². The summed E-state index contributed by atoms with van der Waals surface area (Å²) in [6.07, 6.45) is 1.01. The van der Waals surface area contributed by atoms with Gasteiger partial charge in [0.15, 0.2) is 0 Å². The third-order valence-electron chi connectivity index (χ3n) is 4.44. The monoisotopic (exact) mass is 530 g/mol. The predicted molar refractivity (Wildman–Crippen MR) is 87.5 cm³/mol. The minimum atomic E-state index is -0.873. The van der Waals surface area contributed by atoms with Crippen LogP contribution in [0, 0.1) is 46.6 Å². The summed E-state index contributed by atoms with van der Waals surface area (Å²) in [4.78, 5) is 14.5. The summed E-state index contributed by atoms with van der Waals surface area (Å²) < 4.78 is 8.28. The van der Waals surface area contributed by atoms with Gasteiger partial charge in [0.2, 0.25) is 0 Å². The first-order valence-corrected chi connectivity index (χ1v) is 14.8. The van der Waals surface area contributed by atoms with Gasteiger partial charge in [0.25, 0.3) is 0 Å². The second-order valence-corrected chi connectivity index (χ2v) is 12.7. The minimum absolute atomic E-state index is 0.171. The van der Waals surface area contributed by atoms with Gasteiger partial charge in [-0.2, -0.15) is 0 Å². The Morgan fingerprint density at radius 1 is 1.43 bits per heavy atom. The maximum atomic E-state index is 12.7. The van der Waals surface area contributed by atoms with Gasteiger partial charge in [-0.05, 0) is 0 Å². The van der Waals surface area contributed by atoms with Crippen LogP contribution in [0.5, 0.6) is 11.5 Å². The number of carbonyl (C=O) groups is 1. The van der Waals surface area contributed by atoms with Gasteiger partial charge >= 0.3 is 162 Å². The Hall–Kier alpha value is -0.528. The van der Waals surface area contributed by atoms with Gasteiger partial charge < -0.3 is 0 Å². The Labute approximate surface area is 160 Å². The Kier molecular flexibility index (Phi) is 6.98. The number of hydrogen-bond donors (Lipinski definition) is 1. The summed E-state index contributed by atoms with van der Waals surface area (Å²) >= 11 is -0.873. The number of phenols is 1. The molecule has 4 nitrogen and oxygen atoms in total. The van der Waals surface area contributed by atoms with Crippen LogP contribution in [-0.2, 0) is 4.79 Å². The Balaban J connectivity index is 2.17. The second kappa shape index (κ2) is 8.53. The van der Waals surface area contributed by atoms with Crippen molar-refractivity contribution in [3.8, 4) is 11.5 Å². The first kappa shape index (κ1) is 18.8. The van der Waals surface area contributed by atoms with Gasteiger partial charge in [0.05, 0.1) is 0 Å². The van der Waals surface area contributed by atoms with Gasteiger partial charge in [-0.25, -0.2) is 0 Å².